The average Bonchev–Trinajstić information content (AvgIpc) is 2.90. The first-order valence-electron chi connectivity index (χ1n) is 8.94. The molecule has 0 bridgehead atoms. The molecule has 0 radical (unpaired) electrons. The number of imidazole rings is 1. The van der Waals surface area contributed by atoms with E-state index in [2.05, 4.69) is 42.0 Å². The molecule has 3 atom stereocenters. The van der Waals surface area contributed by atoms with E-state index in [1.165, 1.54) is 57.3 Å². The minimum absolute atomic E-state index is 0.735. The lowest BCUT2D eigenvalue weighted by Crippen LogP contribution is -2.41. The molecule has 3 nitrogen and oxygen atoms in total. The first-order chi connectivity index (χ1) is 10.2. The van der Waals surface area contributed by atoms with E-state index < -0.39 is 0 Å². The lowest BCUT2D eigenvalue weighted by molar-refractivity contribution is 0.185. The highest BCUT2D eigenvalue weighted by atomic mass is 15.0. The van der Waals surface area contributed by atoms with Crippen molar-refractivity contribution in [1.29, 1.82) is 0 Å². The van der Waals surface area contributed by atoms with E-state index in [1.54, 1.807) is 0 Å². The Hall–Kier alpha value is -0.830. The average molecular weight is 291 g/mol. The van der Waals surface area contributed by atoms with Crippen LogP contribution in [0, 0.1) is 11.8 Å². The molecule has 0 saturated heterocycles. The fourth-order valence-electron chi connectivity index (χ4n) is 3.90. The number of rotatable bonds is 8. The van der Waals surface area contributed by atoms with Crippen molar-refractivity contribution in [2.24, 2.45) is 18.9 Å². The number of aryl methyl sites for hydroxylation is 2. The normalized spacial score (nSPS) is 26.1. The summed E-state index contributed by atoms with van der Waals surface area (Å²) in [5.74, 6) is 3.03. The van der Waals surface area contributed by atoms with Crippen molar-refractivity contribution in [3.05, 3.63) is 18.2 Å². The number of nitrogens with one attached hydrogen (secondary N) is 1. The summed E-state index contributed by atoms with van der Waals surface area (Å²) in [5.41, 5.74) is 0. The highest BCUT2D eigenvalue weighted by molar-refractivity contribution is 4.93. The van der Waals surface area contributed by atoms with E-state index in [-0.39, 0.29) is 0 Å². The molecular formula is C18H33N3. The van der Waals surface area contributed by atoms with Crippen molar-refractivity contribution in [2.75, 3.05) is 6.54 Å². The van der Waals surface area contributed by atoms with E-state index in [4.69, 9.17) is 0 Å². The van der Waals surface area contributed by atoms with E-state index in [0.717, 1.165) is 24.3 Å². The number of hydrogen-bond donors (Lipinski definition) is 1. The van der Waals surface area contributed by atoms with Crippen LogP contribution in [0.25, 0.3) is 0 Å². The Morgan fingerprint density at radius 1 is 1.24 bits per heavy atom. The molecule has 1 aliphatic rings. The molecule has 2 rings (SSSR count). The zero-order valence-corrected chi connectivity index (χ0v) is 14.1. The summed E-state index contributed by atoms with van der Waals surface area (Å²) in [6.07, 6.45) is 14.6. The predicted molar refractivity (Wildman–Crippen MR) is 89.3 cm³/mol. The summed E-state index contributed by atoms with van der Waals surface area (Å²) < 4.78 is 2.17. The van der Waals surface area contributed by atoms with Crippen LogP contribution in [0.4, 0.5) is 0 Å². The molecular weight excluding hydrogens is 258 g/mol. The fraction of sp³-hybridized carbons (Fsp3) is 0.833. The van der Waals surface area contributed by atoms with Gasteiger partial charge in [-0.1, -0.05) is 26.7 Å². The lowest BCUT2D eigenvalue weighted by Gasteiger charge is -2.37. The molecule has 120 valence electrons. The van der Waals surface area contributed by atoms with Crippen molar-refractivity contribution in [3.8, 4) is 0 Å². The lowest BCUT2D eigenvalue weighted by atomic mass is 9.74. The van der Waals surface area contributed by atoms with Gasteiger partial charge in [0.1, 0.15) is 5.82 Å². The van der Waals surface area contributed by atoms with Gasteiger partial charge in [-0.15, -0.1) is 0 Å². The van der Waals surface area contributed by atoms with Crippen LogP contribution >= 0.6 is 0 Å². The largest absolute Gasteiger partial charge is 0.338 e. The topological polar surface area (TPSA) is 29.9 Å². The molecule has 3 unspecified atom stereocenters. The SMILES string of the molecule is CCCNC1CCC(CCC)CC1CCc1nccn1C. The van der Waals surface area contributed by atoms with Gasteiger partial charge in [-0.3, -0.25) is 0 Å². The molecule has 0 aromatic carbocycles. The molecule has 1 N–H and O–H groups in total. The van der Waals surface area contributed by atoms with Gasteiger partial charge in [-0.2, -0.15) is 0 Å². The summed E-state index contributed by atoms with van der Waals surface area (Å²) in [5, 5.41) is 3.80. The van der Waals surface area contributed by atoms with E-state index in [1.807, 2.05) is 6.20 Å². The summed E-state index contributed by atoms with van der Waals surface area (Å²) in [7, 11) is 2.11. The van der Waals surface area contributed by atoms with Crippen LogP contribution in [0.2, 0.25) is 0 Å². The fourth-order valence-corrected chi connectivity index (χ4v) is 3.90. The maximum Gasteiger partial charge on any atom is 0.108 e. The van der Waals surface area contributed by atoms with Crippen LogP contribution in [0.5, 0.6) is 0 Å². The van der Waals surface area contributed by atoms with Crippen molar-refractivity contribution < 1.29 is 0 Å². The van der Waals surface area contributed by atoms with Gasteiger partial charge in [0.05, 0.1) is 0 Å². The minimum Gasteiger partial charge on any atom is -0.338 e. The molecule has 0 amide bonds. The van der Waals surface area contributed by atoms with Crippen LogP contribution in [-0.2, 0) is 13.5 Å². The third-order valence-electron chi connectivity index (χ3n) is 5.10. The van der Waals surface area contributed by atoms with Gasteiger partial charge in [-0.05, 0) is 50.5 Å². The van der Waals surface area contributed by atoms with Gasteiger partial charge in [-0.25, -0.2) is 4.98 Å². The molecule has 0 aliphatic heterocycles. The first kappa shape index (κ1) is 16.5. The smallest absolute Gasteiger partial charge is 0.108 e. The quantitative estimate of drug-likeness (QED) is 0.786. The van der Waals surface area contributed by atoms with Crippen LogP contribution in [0.1, 0.15) is 64.6 Å². The first-order valence-corrected chi connectivity index (χ1v) is 8.94. The highest BCUT2D eigenvalue weighted by Gasteiger charge is 2.29. The van der Waals surface area contributed by atoms with E-state index in [9.17, 15) is 0 Å². The number of hydrogen-bond acceptors (Lipinski definition) is 2. The van der Waals surface area contributed by atoms with Crippen molar-refractivity contribution in [1.82, 2.24) is 14.9 Å². The molecule has 1 aromatic heterocycles. The minimum atomic E-state index is 0.735. The summed E-state index contributed by atoms with van der Waals surface area (Å²) in [4.78, 5) is 4.49. The second-order valence-electron chi connectivity index (χ2n) is 6.78. The molecule has 1 fully saturated rings. The molecule has 0 spiro atoms. The van der Waals surface area contributed by atoms with Gasteiger partial charge in [0.2, 0.25) is 0 Å². The maximum absolute atomic E-state index is 4.49. The van der Waals surface area contributed by atoms with Gasteiger partial charge < -0.3 is 9.88 Å². The van der Waals surface area contributed by atoms with Crippen LogP contribution in [0.3, 0.4) is 0 Å². The van der Waals surface area contributed by atoms with Gasteiger partial charge in [0, 0.05) is 31.9 Å². The Balaban J connectivity index is 1.90. The molecule has 1 heterocycles. The van der Waals surface area contributed by atoms with Gasteiger partial charge in [0.25, 0.3) is 0 Å². The maximum atomic E-state index is 4.49. The summed E-state index contributed by atoms with van der Waals surface area (Å²) >= 11 is 0. The molecule has 21 heavy (non-hydrogen) atoms. The van der Waals surface area contributed by atoms with Crippen molar-refractivity contribution >= 4 is 0 Å². The third kappa shape index (κ3) is 4.84. The monoisotopic (exact) mass is 291 g/mol. The van der Waals surface area contributed by atoms with Crippen molar-refractivity contribution in [2.45, 2.75) is 71.3 Å². The number of nitrogens with zero attached hydrogens (tertiary/aromatic N) is 2. The second kappa shape index (κ2) is 8.57. The van der Waals surface area contributed by atoms with Gasteiger partial charge >= 0.3 is 0 Å². The zero-order valence-electron chi connectivity index (χ0n) is 14.1. The van der Waals surface area contributed by atoms with Crippen LogP contribution in [-0.4, -0.2) is 22.1 Å². The third-order valence-corrected chi connectivity index (χ3v) is 5.10. The molecule has 1 aliphatic carbocycles. The molecule has 1 saturated carbocycles. The second-order valence-corrected chi connectivity index (χ2v) is 6.78. The number of aromatic nitrogens is 2. The Labute approximate surface area is 130 Å². The summed E-state index contributed by atoms with van der Waals surface area (Å²) in [6, 6.07) is 0.735. The van der Waals surface area contributed by atoms with Crippen LogP contribution in [0.15, 0.2) is 12.4 Å². The van der Waals surface area contributed by atoms with Crippen molar-refractivity contribution in [3.63, 3.8) is 0 Å². The Kier molecular flexibility index (Phi) is 6.75. The standard InChI is InChI=1S/C18H33N3/c1-4-6-15-7-9-17(19-11-5-2)16(14-15)8-10-18-20-12-13-21(18)3/h12-13,15-17,19H,4-11,14H2,1-3H3. The summed E-state index contributed by atoms with van der Waals surface area (Å²) in [6.45, 7) is 5.75. The predicted octanol–water partition coefficient (Wildman–Crippen LogP) is 3.94. The Morgan fingerprint density at radius 3 is 2.76 bits per heavy atom. The van der Waals surface area contributed by atoms with Crippen LogP contribution < -0.4 is 5.32 Å². The van der Waals surface area contributed by atoms with E-state index in [0.29, 0.717) is 0 Å². The zero-order chi connectivity index (χ0) is 15.1. The Bertz CT molecular complexity index is 399. The highest BCUT2D eigenvalue weighted by Crippen LogP contribution is 2.34. The molecule has 1 aromatic rings. The van der Waals surface area contributed by atoms with Gasteiger partial charge in [0.15, 0.2) is 0 Å². The van der Waals surface area contributed by atoms with E-state index >= 15 is 0 Å². The molecule has 3 heteroatoms. The Morgan fingerprint density at radius 2 is 2.10 bits per heavy atom.